The highest BCUT2D eigenvalue weighted by molar-refractivity contribution is 6.08. The normalized spacial score (nSPS) is 18.9. The summed E-state index contributed by atoms with van der Waals surface area (Å²) in [6.45, 7) is 6.41. The Morgan fingerprint density at radius 3 is 2.15 bits per heavy atom. The van der Waals surface area contributed by atoms with E-state index in [1.807, 2.05) is 30.3 Å². The second-order valence-electron chi connectivity index (χ2n) is 7.29. The van der Waals surface area contributed by atoms with E-state index in [4.69, 9.17) is 10.6 Å². The molecule has 0 bridgehead atoms. The molecule has 1 aliphatic heterocycles. The van der Waals surface area contributed by atoms with Gasteiger partial charge in [-0.2, -0.15) is 0 Å². The van der Waals surface area contributed by atoms with Gasteiger partial charge in [0.15, 0.2) is 6.10 Å². The first kappa shape index (κ1) is 17.3. The standard InChI is InChI=1S/C24H24N2O/c1-15-13-16(2)21(17(3)14-15)23-22(18-9-5-4-6-10-18)24(27-26-23)19-11-7-8-12-20(19)25/h4-14,22,24H,25H2,1-3H3/t22-,24+/m1/s1. The third-order valence-corrected chi connectivity index (χ3v) is 5.26. The largest absolute Gasteiger partial charge is 0.398 e. The zero-order chi connectivity index (χ0) is 19.0. The highest BCUT2D eigenvalue weighted by Gasteiger charge is 2.39. The van der Waals surface area contributed by atoms with Crippen LogP contribution in [0.4, 0.5) is 5.69 Å². The number of nitrogens with zero attached hydrogens (tertiary/aromatic N) is 1. The number of hydrogen-bond acceptors (Lipinski definition) is 3. The van der Waals surface area contributed by atoms with Gasteiger partial charge in [0.2, 0.25) is 0 Å². The Morgan fingerprint density at radius 1 is 0.852 bits per heavy atom. The lowest BCUT2D eigenvalue weighted by molar-refractivity contribution is 0.0768. The lowest BCUT2D eigenvalue weighted by Gasteiger charge is -2.22. The summed E-state index contributed by atoms with van der Waals surface area (Å²) in [6.07, 6.45) is -0.233. The van der Waals surface area contributed by atoms with Gasteiger partial charge < -0.3 is 10.6 Å². The lowest BCUT2D eigenvalue weighted by Crippen LogP contribution is -2.19. The SMILES string of the molecule is Cc1cc(C)c(C2=NO[C@@H](c3ccccc3N)[C@@H]2c2ccccc2)c(C)c1. The minimum atomic E-state index is -0.233. The van der Waals surface area contributed by atoms with Crippen LogP contribution in [-0.4, -0.2) is 5.71 Å². The Kier molecular flexibility index (Phi) is 4.44. The van der Waals surface area contributed by atoms with Gasteiger partial charge in [-0.05, 0) is 43.5 Å². The highest BCUT2D eigenvalue weighted by atomic mass is 16.6. The molecule has 136 valence electrons. The molecule has 3 heteroatoms. The predicted molar refractivity (Wildman–Crippen MR) is 111 cm³/mol. The second-order valence-corrected chi connectivity index (χ2v) is 7.29. The van der Waals surface area contributed by atoms with Crippen molar-refractivity contribution in [2.45, 2.75) is 32.8 Å². The van der Waals surface area contributed by atoms with E-state index in [1.54, 1.807) is 0 Å². The second kappa shape index (κ2) is 6.92. The van der Waals surface area contributed by atoms with Crippen LogP contribution in [0, 0.1) is 20.8 Å². The Labute approximate surface area is 160 Å². The Hall–Kier alpha value is -3.07. The highest BCUT2D eigenvalue weighted by Crippen LogP contribution is 2.44. The van der Waals surface area contributed by atoms with Crippen LogP contribution < -0.4 is 5.73 Å². The zero-order valence-electron chi connectivity index (χ0n) is 15.9. The maximum atomic E-state index is 6.27. The van der Waals surface area contributed by atoms with E-state index in [2.05, 4.69) is 62.3 Å². The van der Waals surface area contributed by atoms with E-state index >= 15 is 0 Å². The first-order valence-corrected chi connectivity index (χ1v) is 9.27. The first-order valence-electron chi connectivity index (χ1n) is 9.27. The fraction of sp³-hybridized carbons (Fsp3) is 0.208. The molecule has 3 nitrogen and oxygen atoms in total. The molecule has 0 aliphatic carbocycles. The maximum absolute atomic E-state index is 6.27. The number of rotatable bonds is 3. The molecule has 27 heavy (non-hydrogen) atoms. The number of anilines is 1. The van der Waals surface area contributed by atoms with Crippen molar-refractivity contribution in [2.75, 3.05) is 5.73 Å². The van der Waals surface area contributed by atoms with Crippen molar-refractivity contribution >= 4 is 11.4 Å². The summed E-state index contributed by atoms with van der Waals surface area (Å²) in [5.41, 5.74) is 15.0. The number of nitrogens with two attached hydrogens (primary N) is 1. The van der Waals surface area contributed by atoms with Crippen molar-refractivity contribution in [1.82, 2.24) is 0 Å². The van der Waals surface area contributed by atoms with Crippen molar-refractivity contribution in [2.24, 2.45) is 5.16 Å². The summed E-state index contributed by atoms with van der Waals surface area (Å²) in [5.74, 6) is -0.00370. The average molecular weight is 356 g/mol. The van der Waals surface area contributed by atoms with Gasteiger partial charge in [-0.3, -0.25) is 0 Å². The van der Waals surface area contributed by atoms with Gasteiger partial charge in [0.05, 0.1) is 11.6 Å². The third-order valence-electron chi connectivity index (χ3n) is 5.26. The van der Waals surface area contributed by atoms with Crippen LogP contribution in [0.1, 0.15) is 45.4 Å². The summed E-state index contributed by atoms with van der Waals surface area (Å²) < 4.78 is 0. The first-order chi connectivity index (χ1) is 13.1. The molecule has 2 N–H and O–H groups in total. The molecule has 0 spiro atoms. The molecular formula is C24H24N2O. The fourth-order valence-corrected chi connectivity index (χ4v) is 4.16. The van der Waals surface area contributed by atoms with Gasteiger partial charge in [-0.15, -0.1) is 0 Å². The Balaban J connectivity index is 1.87. The topological polar surface area (TPSA) is 47.6 Å². The van der Waals surface area contributed by atoms with E-state index in [-0.39, 0.29) is 12.0 Å². The number of para-hydroxylation sites is 1. The van der Waals surface area contributed by atoms with E-state index < -0.39 is 0 Å². The summed E-state index contributed by atoms with van der Waals surface area (Å²) in [5, 5.41) is 4.58. The van der Waals surface area contributed by atoms with Gasteiger partial charge in [0, 0.05) is 16.8 Å². The molecule has 1 aliphatic rings. The Bertz CT molecular complexity index is 985. The van der Waals surface area contributed by atoms with E-state index in [9.17, 15) is 0 Å². The number of hydrogen-bond donors (Lipinski definition) is 1. The maximum Gasteiger partial charge on any atom is 0.167 e. The third kappa shape index (κ3) is 3.10. The van der Waals surface area contributed by atoms with Crippen molar-refractivity contribution in [1.29, 1.82) is 0 Å². The number of aryl methyl sites for hydroxylation is 3. The molecule has 4 rings (SSSR count). The molecule has 0 fully saturated rings. The van der Waals surface area contributed by atoms with E-state index in [0.717, 1.165) is 17.0 Å². The van der Waals surface area contributed by atoms with Gasteiger partial charge >= 0.3 is 0 Å². The van der Waals surface area contributed by atoms with Gasteiger partial charge in [0.25, 0.3) is 0 Å². The van der Waals surface area contributed by atoms with Crippen molar-refractivity contribution in [3.05, 3.63) is 100 Å². The van der Waals surface area contributed by atoms with Crippen LogP contribution in [0.2, 0.25) is 0 Å². The summed E-state index contributed by atoms with van der Waals surface area (Å²) in [7, 11) is 0. The quantitative estimate of drug-likeness (QED) is 0.634. The van der Waals surface area contributed by atoms with Crippen molar-refractivity contribution in [3.63, 3.8) is 0 Å². The number of oxime groups is 1. The number of benzene rings is 3. The van der Waals surface area contributed by atoms with Gasteiger partial charge in [-0.25, -0.2) is 0 Å². The molecule has 0 amide bonds. The molecule has 1 heterocycles. The molecule has 0 unspecified atom stereocenters. The summed E-state index contributed by atoms with van der Waals surface area (Å²) in [4.78, 5) is 6.00. The summed E-state index contributed by atoms with van der Waals surface area (Å²) >= 11 is 0. The molecule has 0 radical (unpaired) electrons. The fourth-order valence-electron chi connectivity index (χ4n) is 4.16. The molecule has 2 atom stereocenters. The summed E-state index contributed by atoms with van der Waals surface area (Å²) in [6, 6.07) is 22.7. The number of nitrogen functional groups attached to an aromatic ring is 1. The molecular weight excluding hydrogens is 332 g/mol. The molecule has 3 aromatic carbocycles. The van der Waals surface area contributed by atoms with Crippen molar-refractivity contribution < 1.29 is 4.84 Å². The van der Waals surface area contributed by atoms with Gasteiger partial charge in [0.1, 0.15) is 0 Å². The average Bonchev–Trinajstić information content (AvgIpc) is 3.06. The van der Waals surface area contributed by atoms with Crippen LogP contribution in [-0.2, 0) is 4.84 Å². The Morgan fingerprint density at radius 2 is 1.48 bits per heavy atom. The van der Waals surface area contributed by atoms with Gasteiger partial charge in [-0.1, -0.05) is 71.4 Å². The van der Waals surface area contributed by atoms with Crippen LogP contribution in [0.3, 0.4) is 0 Å². The smallest absolute Gasteiger partial charge is 0.167 e. The lowest BCUT2D eigenvalue weighted by atomic mass is 9.80. The molecule has 0 aromatic heterocycles. The zero-order valence-corrected chi connectivity index (χ0v) is 15.9. The van der Waals surface area contributed by atoms with Crippen LogP contribution in [0.5, 0.6) is 0 Å². The monoisotopic (exact) mass is 356 g/mol. The van der Waals surface area contributed by atoms with E-state index in [1.165, 1.54) is 27.8 Å². The molecule has 0 saturated carbocycles. The van der Waals surface area contributed by atoms with E-state index in [0.29, 0.717) is 0 Å². The van der Waals surface area contributed by atoms with Crippen LogP contribution in [0.15, 0.2) is 71.9 Å². The predicted octanol–water partition coefficient (Wildman–Crippen LogP) is 5.45. The van der Waals surface area contributed by atoms with Crippen LogP contribution >= 0.6 is 0 Å². The van der Waals surface area contributed by atoms with Crippen molar-refractivity contribution in [3.8, 4) is 0 Å². The molecule has 0 saturated heterocycles. The van der Waals surface area contributed by atoms with Crippen LogP contribution in [0.25, 0.3) is 0 Å². The minimum absolute atomic E-state index is 0.00370. The molecule has 3 aromatic rings. The minimum Gasteiger partial charge on any atom is -0.398 e.